The second kappa shape index (κ2) is 11.5. The monoisotopic (exact) mass is 523 g/mol. The molecular formula is C28H37N5O3S. The Bertz CT molecular complexity index is 1090. The molecule has 0 radical (unpaired) electrons. The number of likely N-dealkylation sites (tertiary alicyclic amines) is 2. The Balaban J connectivity index is 1.17. The minimum absolute atomic E-state index is 0.0111. The van der Waals surface area contributed by atoms with Crippen LogP contribution in [0.5, 0.6) is 0 Å². The fourth-order valence-corrected chi connectivity index (χ4v) is 6.49. The standard InChI is InChI=1S/C28H37N5O3S/c1-18-25(19(2)30-28(29-18)37-3)27(35)33-15-22-13-32(14-23(22)16-33)11-9-24(20-7-5-4-6-8-20)31-26(34)21-10-12-36-17-21/h4-8,21-24H,9-17H2,1-3H3,(H,31,34)/t21?,22?,23?,24-/m0/s1. The highest BCUT2D eigenvalue weighted by atomic mass is 32.2. The Kier molecular flexibility index (Phi) is 8.12. The molecule has 4 atom stereocenters. The third-order valence-electron chi connectivity index (χ3n) is 8.05. The molecule has 9 heteroatoms. The number of fused-ring (bicyclic) bond motifs is 1. The van der Waals surface area contributed by atoms with Gasteiger partial charge < -0.3 is 19.9 Å². The molecule has 3 aliphatic rings. The molecule has 5 rings (SSSR count). The van der Waals surface area contributed by atoms with E-state index in [1.54, 1.807) is 0 Å². The number of thioether (sulfide) groups is 1. The minimum Gasteiger partial charge on any atom is -0.381 e. The summed E-state index contributed by atoms with van der Waals surface area (Å²) in [5.74, 6) is 1.08. The summed E-state index contributed by atoms with van der Waals surface area (Å²) in [5.41, 5.74) is 3.33. The van der Waals surface area contributed by atoms with E-state index < -0.39 is 0 Å². The number of hydrogen-bond acceptors (Lipinski definition) is 7. The highest BCUT2D eigenvalue weighted by Gasteiger charge is 2.42. The first kappa shape index (κ1) is 26.1. The Hall–Kier alpha value is -2.49. The van der Waals surface area contributed by atoms with E-state index in [0.29, 0.717) is 35.8 Å². The average Bonchev–Trinajstić information content (AvgIpc) is 3.63. The summed E-state index contributed by atoms with van der Waals surface area (Å²) in [6, 6.07) is 10.2. The van der Waals surface area contributed by atoms with Crippen molar-refractivity contribution in [3.63, 3.8) is 0 Å². The van der Waals surface area contributed by atoms with E-state index in [2.05, 4.69) is 32.3 Å². The van der Waals surface area contributed by atoms with Crippen LogP contribution in [0.15, 0.2) is 35.5 Å². The molecule has 3 saturated heterocycles. The van der Waals surface area contributed by atoms with Crippen LogP contribution in [0.2, 0.25) is 0 Å². The molecule has 1 N–H and O–H groups in total. The van der Waals surface area contributed by atoms with Gasteiger partial charge >= 0.3 is 0 Å². The maximum Gasteiger partial charge on any atom is 0.257 e. The van der Waals surface area contributed by atoms with Crippen LogP contribution in [0.25, 0.3) is 0 Å². The van der Waals surface area contributed by atoms with E-state index in [-0.39, 0.29) is 23.8 Å². The number of carbonyl (C=O) groups is 2. The van der Waals surface area contributed by atoms with Gasteiger partial charge in [0, 0.05) is 39.3 Å². The molecule has 3 aliphatic heterocycles. The average molecular weight is 524 g/mol. The van der Waals surface area contributed by atoms with Gasteiger partial charge in [0.15, 0.2) is 5.16 Å². The molecule has 1 aromatic carbocycles. The van der Waals surface area contributed by atoms with E-state index >= 15 is 0 Å². The summed E-state index contributed by atoms with van der Waals surface area (Å²) in [6.07, 6.45) is 3.61. The Labute approximate surface area is 223 Å². The topological polar surface area (TPSA) is 87.7 Å². The SMILES string of the molecule is CSc1nc(C)c(C(=O)N2CC3CN(CC[C@H](NC(=O)C4CCOC4)c4ccccc4)CC3C2)c(C)n1. The lowest BCUT2D eigenvalue weighted by atomic mass is 10.0. The Morgan fingerprint density at radius 3 is 2.35 bits per heavy atom. The molecule has 0 saturated carbocycles. The smallest absolute Gasteiger partial charge is 0.257 e. The molecule has 198 valence electrons. The maximum atomic E-state index is 13.4. The quantitative estimate of drug-likeness (QED) is 0.420. The maximum absolute atomic E-state index is 13.4. The van der Waals surface area contributed by atoms with Crippen LogP contribution in [-0.4, -0.2) is 83.8 Å². The van der Waals surface area contributed by atoms with Crippen molar-refractivity contribution in [3.8, 4) is 0 Å². The molecular weight excluding hydrogens is 486 g/mol. The Morgan fingerprint density at radius 1 is 1.08 bits per heavy atom. The van der Waals surface area contributed by atoms with Crippen LogP contribution in [0.1, 0.15) is 46.2 Å². The Morgan fingerprint density at radius 2 is 1.76 bits per heavy atom. The molecule has 0 aliphatic carbocycles. The summed E-state index contributed by atoms with van der Waals surface area (Å²) >= 11 is 1.50. The number of carbonyl (C=O) groups excluding carboxylic acids is 2. The molecule has 3 fully saturated rings. The lowest BCUT2D eigenvalue weighted by Gasteiger charge is -2.26. The van der Waals surface area contributed by atoms with Gasteiger partial charge in [-0.2, -0.15) is 0 Å². The van der Waals surface area contributed by atoms with Crippen molar-refractivity contribution in [3.05, 3.63) is 52.8 Å². The zero-order valence-electron chi connectivity index (χ0n) is 22.0. The second-order valence-electron chi connectivity index (χ2n) is 10.6. The van der Waals surface area contributed by atoms with Gasteiger partial charge in [-0.1, -0.05) is 42.1 Å². The molecule has 0 bridgehead atoms. The number of benzene rings is 1. The lowest BCUT2D eigenvalue weighted by molar-refractivity contribution is -0.125. The predicted octanol–water partition coefficient (Wildman–Crippen LogP) is 3.10. The van der Waals surface area contributed by atoms with Crippen LogP contribution < -0.4 is 5.32 Å². The fourth-order valence-electron chi connectivity index (χ4n) is 6.03. The predicted molar refractivity (Wildman–Crippen MR) is 143 cm³/mol. The van der Waals surface area contributed by atoms with E-state index in [1.165, 1.54) is 11.8 Å². The fraction of sp³-hybridized carbons (Fsp3) is 0.571. The number of aromatic nitrogens is 2. The van der Waals surface area contributed by atoms with Crippen LogP contribution in [0.3, 0.4) is 0 Å². The van der Waals surface area contributed by atoms with E-state index in [9.17, 15) is 9.59 Å². The van der Waals surface area contributed by atoms with Gasteiger partial charge in [0.05, 0.1) is 35.5 Å². The van der Waals surface area contributed by atoms with E-state index in [0.717, 1.165) is 62.5 Å². The highest BCUT2D eigenvalue weighted by molar-refractivity contribution is 7.98. The highest BCUT2D eigenvalue weighted by Crippen LogP contribution is 2.33. The van der Waals surface area contributed by atoms with Gasteiger partial charge in [-0.3, -0.25) is 9.59 Å². The van der Waals surface area contributed by atoms with Crippen molar-refractivity contribution < 1.29 is 14.3 Å². The number of nitrogens with zero attached hydrogens (tertiary/aromatic N) is 4. The number of rotatable bonds is 8. The number of aryl methyl sites for hydroxylation is 2. The summed E-state index contributed by atoms with van der Waals surface area (Å²) in [7, 11) is 0. The van der Waals surface area contributed by atoms with Gasteiger partial charge in [0.2, 0.25) is 5.91 Å². The van der Waals surface area contributed by atoms with Crippen molar-refractivity contribution >= 4 is 23.6 Å². The van der Waals surface area contributed by atoms with Crippen molar-refractivity contribution in [1.82, 2.24) is 25.1 Å². The molecule has 2 aromatic rings. The van der Waals surface area contributed by atoms with Gasteiger partial charge in [-0.25, -0.2) is 9.97 Å². The van der Waals surface area contributed by atoms with Gasteiger partial charge in [-0.05, 0) is 50.3 Å². The first-order chi connectivity index (χ1) is 17.9. The lowest BCUT2D eigenvalue weighted by Crippen LogP contribution is -2.37. The van der Waals surface area contributed by atoms with Crippen LogP contribution in [0.4, 0.5) is 0 Å². The largest absolute Gasteiger partial charge is 0.381 e. The molecule has 0 spiro atoms. The molecule has 4 heterocycles. The van der Waals surface area contributed by atoms with E-state index in [4.69, 9.17) is 4.74 Å². The molecule has 3 unspecified atom stereocenters. The first-order valence-corrected chi connectivity index (χ1v) is 14.5. The number of nitrogens with one attached hydrogen (secondary N) is 1. The van der Waals surface area contributed by atoms with Gasteiger partial charge in [0.1, 0.15) is 0 Å². The van der Waals surface area contributed by atoms with Crippen LogP contribution in [-0.2, 0) is 9.53 Å². The molecule has 2 amide bonds. The van der Waals surface area contributed by atoms with Crippen molar-refractivity contribution in [1.29, 1.82) is 0 Å². The van der Waals surface area contributed by atoms with Crippen molar-refractivity contribution in [2.75, 3.05) is 52.2 Å². The first-order valence-electron chi connectivity index (χ1n) is 13.3. The van der Waals surface area contributed by atoms with Gasteiger partial charge in [0.25, 0.3) is 5.91 Å². The summed E-state index contributed by atoms with van der Waals surface area (Å²) in [4.78, 5) is 39.7. The second-order valence-corrected chi connectivity index (χ2v) is 11.3. The summed E-state index contributed by atoms with van der Waals surface area (Å²) in [5, 5.41) is 4.01. The van der Waals surface area contributed by atoms with Crippen molar-refractivity contribution in [2.45, 2.75) is 37.9 Å². The minimum atomic E-state index is -0.0459. The van der Waals surface area contributed by atoms with Crippen LogP contribution in [0, 0.1) is 31.6 Å². The zero-order chi connectivity index (χ0) is 25.9. The number of hydrogen-bond donors (Lipinski definition) is 1. The molecule has 8 nitrogen and oxygen atoms in total. The normalized spacial score (nSPS) is 24.3. The summed E-state index contributed by atoms with van der Waals surface area (Å²) < 4.78 is 5.42. The molecule has 37 heavy (non-hydrogen) atoms. The third-order valence-corrected chi connectivity index (χ3v) is 8.60. The van der Waals surface area contributed by atoms with Crippen molar-refractivity contribution in [2.24, 2.45) is 17.8 Å². The summed E-state index contributed by atoms with van der Waals surface area (Å²) in [6.45, 7) is 9.45. The third kappa shape index (κ3) is 5.84. The molecule has 1 aromatic heterocycles. The van der Waals surface area contributed by atoms with Gasteiger partial charge in [-0.15, -0.1) is 0 Å². The van der Waals surface area contributed by atoms with Crippen LogP contribution >= 0.6 is 11.8 Å². The number of ether oxygens (including phenoxy) is 1. The van der Waals surface area contributed by atoms with E-state index in [1.807, 2.05) is 43.2 Å². The number of amides is 2. The zero-order valence-corrected chi connectivity index (χ0v) is 22.8.